The molecule has 2 rings (SSSR count). The summed E-state index contributed by atoms with van der Waals surface area (Å²) in [4.78, 5) is 27.0. The molecule has 0 aliphatic heterocycles. The molecule has 0 aliphatic rings. The molecule has 24 heavy (non-hydrogen) atoms. The minimum absolute atomic E-state index is 0.0425. The van der Waals surface area contributed by atoms with Crippen molar-refractivity contribution in [3.05, 3.63) is 33.5 Å². The van der Waals surface area contributed by atoms with Gasteiger partial charge in [0, 0.05) is 24.0 Å². The van der Waals surface area contributed by atoms with Gasteiger partial charge in [0.1, 0.15) is 5.69 Å². The van der Waals surface area contributed by atoms with Gasteiger partial charge in [-0.25, -0.2) is 9.78 Å². The largest absolute Gasteiger partial charge is 0.476 e. The molecule has 0 unspecified atom stereocenters. The fourth-order valence-corrected chi connectivity index (χ4v) is 3.27. The number of carboxylic acids is 1. The van der Waals surface area contributed by atoms with Gasteiger partial charge in [0.05, 0.1) is 11.0 Å². The first-order chi connectivity index (χ1) is 11.5. The van der Waals surface area contributed by atoms with Gasteiger partial charge in [0.15, 0.2) is 5.69 Å². The van der Waals surface area contributed by atoms with Crippen molar-refractivity contribution in [2.75, 3.05) is 6.54 Å². The Bertz CT molecular complexity index is 719. The molecule has 2 N–H and O–H groups in total. The van der Waals surface area contributed by atoms with Crippen molar-refractivity contribution in [1.82, 2.24) is 20.1 Å². The van der Waals surface area contributed by atoms with Gasteiger partial charge in [-0.05, 0) is 25.8 Å². The molecule has 8 heteroatoms. The normalized spacial score (nSPS) is 11.0. The number of thiazole rings is 1. The van der Waals surface area contributed by atoms with Crippen LogP contribution in [0, 0.1) is 6.92 Å². The van der Waals surface area contributed by atoms with Crippen LogP contribution in [0.1, 0.15) is 64.4 Å². The highest BCUT2D eigenvalue weighted by Gasteiger charge is 2.16. The van der Waals surface area contributed by atoms with Crippen LogP contribution in [0.2, 0.25) is 0 Å². The summed E-state index contributed by atoms with van der Waals surface area (Å²) in [6.45, 7) is 6.55. The number of amides is 1. The molecule has 0 aliphatic carbocycles. The van der Waals surface area contributed by atoms with Crippen LogP contribution in [0.25, 0.3) is 0 Å². The summed E-state index contributed by atoms with van der Waals surface area (Å²) in [7, 11) is 0. The molecule has 7 nitrogen and oxygen atoms in total. The molecule has 2 aromatic rings. The molecular weight excluding hydrogens is 328 g/mol. The summed E-state index contributed by atoms with van der Waals surface area (Å²) in [5.74, 6) is -1.26. The van der Waals surface area contributed by atoms with Crippen LogP contribution < -0.4 is 5.32 Å². The van der Waals surface area contributed by atoms with E-state index in [4.69, 9.17) is 5.11 Å². The monoisotopic (exact) mass is 350 g/mol. The van der Waals surface area contributed by atoms with E-state index < -0.39 is 5.97 Å². The molecule has 0 aromatic carbocycles. The highest BCUT2D eigenvalue weighted by atomic mass is 32.1. The SMILES string of the molecule is CCC(CC)n1nc(C(=O)NCCc2nc(C(=O)O)cs2)cc1C. The van der Waals surface area contributed by atoms with Crippen LogP contribution >= 0.6 is 11.3 Å². The number of hydrogen-bond donors (Lipinski definition) is 2. The third kappa shape index (κ3) is 4.19. The van der Waals surface area contributed by atoms with Crippen molar-refractivity contribution in [2.45, 2.75) is 46.1 Å². The van der Waals surface area contributed by atoms with Gasteiger partial charge in [-0.15, -0.1) is 11.3 Å². The van der Waals surface area contributed by atoms with Gasteiger partial charge in [-0.2, -0.15) is 5.10 Å². The maximum absolute atomic E-state index is 12.2. The van der Waals surface area contributed by atoms with E-state index in [-0.39, 0.29) is 11.6 Å². The average molecular weight is 350 g/mol. The number of aromatic nitrogens is 3. The second-order valence-corrected chi connectivity index (χ2v) is 6.47. The first kappa shape index (κ1) is 18.1. The molecule has 0 fully saturated rings. The summed E-state index contributed by atoms with van der Waals surface area (Å²) >= 11 is 1.28. The zero-order valence-corrected chi connectivity index (χ0v) is 14.9. The average Bonchev–Trinajstić information content (AvgIpc) is 3.16. The Morgan fingerprint density at radius 3 is 2.62 bits per heavy atom. The van der Waals surface area contributed by atoms with Gasteiger partial charge < -0.3 is 10.4 Å². The van der Waals surface area contributed by atoms with Crippen LogP contribution in [0.15, 0.2) is 11.4 Å². The van der Waals surface area contributed by atoms with Crippen LogP contribution in [0.5, 0.6) is 0 Å². The molecule has 0 spiro atoms. The fraction of sp³-hybridized carbons (Fsp3) is 0.500. The number of carbonyl (C=O) groups is 2. The number of aromatic carboxylic acids is 1. The maximum Gasteiger partial charge on any atom is 0.355 e. The molecule has 0 radical (unpaired) electrons. The Kier molecular flexibility index (Phi) is 6.08. The molecular formula is C16H22N4O3S. The van der Waals surface area contributed by atoms with Crippen LogP contribution in [0.4, 0.5) is 0 Å². The van der Waals surface area contributed by atoms with E-state index in [1.165, 1.54) is 16.7 Å². The lowest BCUT2D eigenvalue weighted by Crippen LogP contribution is -2.26. The Hall–Kier alpha value is -2.22. The van der Waals surface area contributed by atoms with Crippen molar-refractivity contribution >= 4 is 23.2 Å². The molecule has 0 saturated heterocycles. The van der Waals surface area contributed by atoms with E-state index in [1.807, 2.05) is 11.6 Å². The second kappa shape index (κ2) is 8.05. The Morgan fingerprint density at radius 2 is 2.04 bits per heavy atom. The third-order valence-corrected chi connectivity index (χ3v) is 4.75. The first-order valence-corrected chi connectivity index (χ1v) is 8.86. The standard InChI is InChI=1S/C16H22N4O3S/c1-4-11(5-2)20-10(3)8-12(19-20)15(21)17-7-6-14-18-13(9-24-14)16(22)23/h8-9,11H,4-7H2,1-3H3,(H,17,21)(H,22,23). The summed E-state index contributed by atoms with van der Waals surface area (Å²) in [6.07, 6.45) is 2.43. The summed E-state index contributed by atoms with van der Waals surface area (Å²) < 4.78 is 1.91. The first-order valence-electron chi connectivity index (χ1n) is 7.98. The van der Waals surface area contributed by atoms with E-state index in [0.29, 0.717) is 29.7 Å². The molecule has 0 atom stereocenters. The van der Waals surface area contributed by atoms with E-state index in [9.17, 15) is 9.59 Å². The summed E-state index contributed by atoms with van der Waals surface area (Å²) in [5.41, 5.74) is 1.42. The van der Waals surface area contributed by atoms with Gasteiger partial charge in [-0.1, -0.05) is 13.8 Å². The van der Waals surface area contributed by atoms with Crippen LogP contribution in [-0.2, 0) is 6.42 Å². The molecule has 2 heterocycles. The lowest BCUT2D eigenvalue weighted by atomic mass is 10.2. The smallest absolute Gasteiger partial charge is 0.355 e. The fourth-order valence-electron chi connectivity index (χ4n) is 2.50. The van der Waals surface area contributed by atoms with Crippen molar-refractivity contribution < 1.29 is 14.7 Å². The van der Waals surface area contributed by atoms with Crippen molar-refractivity contribution in [3.63, 3.8) is 0 Å². The quantitative estimate of drug-likeness (QED) is 0.763. The van der Waals surface area contributed by atoms with Gasteiger partial charge in [0.2, 0.25) is 0 Å². The molecule has 0 saturated carbocycles. The number of hydrogen-bond acceptors (Lipinski definition) is 5. The lowest BCUT2D eigenvalue weighted by molar-refractivity contribution is 0.0690. The van der Waals surface area contributed by atoms with Crippen molar-refractivity contribution in [3.8, 4) is 0 Å². The predicted octanol–water partition coefficient (Wildman–Crippen LogP) is 2.68. The van der Waals surface area contributed by atoms with Crippen molar-refractivity contribution in [2.24, 2.45) is 0 Å². The molecule has 130 valence electrons. The topological polar surface area (TPSA) is 97.1 Å². The van der Waals surface area contributed by atoms with E-state index in [2.05, 4.69) is 29.2 Å². The number of nitrogens with one attached hydrogen (secondary N) is 1. The van der Waals surface area contributed by atoms with E-state index in [0.717, 1.165) is 18.5 Å². The number of rotatable bonds is 8. The number of nitrogens with zero attached hydrogens (tertiary/aromatic N) is 3. The molecule has 1 amide bonds. The number of carbonyl (C=O) groups excluding carboxylic acids is 1. The Labute approximate surface area is 144 Å². The van der Waals surface area contributed by atoms with Crippen LogP contribution in [-0.4, -0.2) is 38.3 Å². The van der Waals surface area contributed by atoms with Crippen LogP contribution in [0.3, 0.4) is 0 Å². The Morgan fingerprint density at radius 1 is 1.33 bits per heavy atom. The minimum atomic E-state index is -1.04. The highest BCUT2D eigenvalue weighted by molar-refractivity contribution is 7.09. The van der Waals surface area contributed by atoms with E-state index in [1.54, 1.807) is 6.07 Å². The summed E-state index contributed by atoms with van der Waals surface area (Å²) in [6, 6.07) is 2.09. The van der Waals surface area contributed by atoms with Gasteiger partial charge in [-0.3, -0.25) is 9.48 Å². The lowest BCUT2D eigenvalue weighted by Gasteiger charge is -2.14. The number of aryl methyl sites for hydroxylation is 1. The van der Waals surface area contributed by atoms with Gasteiger partial charge in [0.25, 0.3) is 5.91 Å². The minimum Gasteiger partial charge on any atom is -0.476 e. The number of carboxylic acid groups (broad SMARTS) is 1. The van der Waals surface area contributed by atoms with E-state index >= 15 is 0 Å². The molecule has 0 bridgehead atoms. The Balaban J connectivity index is 1.92. The third-order valence-electron chi connectivity index (χ3n) is 3.84. The van der Waals surface area contributed by atoms with Crippen molar-refractivity contribution in [1.29, 1.82) is 0 Å². The zero-order valence-electron chi connectivity index (χ0n) is 14.1. The predicted molar refractivity (Wildman–Crippen MR) is 91.7 cm³/mol. The highest BCUT2D eigenvalue weighted by Crippen LogP contribution is 2.18. The summed E-state index contributed by atoms with van der Waals surface area (Å²) in [5, 5.41) is 18.2. The maximum atomic E-state index is 12.2. The zero-order chi connectivity index (χ0) is 17.7. The molecule has 2 aromatic heterocycles. The second-order valence-electron chi connectivity index (χ2n) is 5.52. The van der Waals surface area contributed by atoms with Gasteiger partial charge >= 0.3 is 5.97 Å².